The molecule has 0 aliphatic rings. The molecule has 1 aromatic carbocycles. The smallest absolute Gasteiger partial charge is 0.0701 e. The lowest BCUT2D eigenvalue weighted by atomic mass is 9.96. The topological polar surface area (TPSA) is 12.0 Å². The molecule has 1 aromatic heterocycles. The van der Waals surface area contributed by atoms with Gasteiger partial charge in [-0.1, -0.05) is 38.1 Å². The van der Waals surface area contributed by atoms with Crippen LogP contribution in [-0.2, 0) is 6.42 Å². The zero-order valence-electron chi connectivity index (χ0n) is 11.6. The molecular weight excluding hydrogens is 318 g/mol. The number of benzene rings is 1. The molecule has 3 heteroatoms. The summed E-state index contributed by atoms with van der Waals surface area (Å²) in [5.74, 6) is 0.693. The van der Waals surface area contributed by atoms with Crippen LogP contribution in [0.2, 0.25) is 0 Å². The van der Waals surface area contributed by atoms with Crippen molar-refractivity contribution < 1.29 is 0 Å². The van der Waals surface area contributed by atoms with E-state index < -0.39 is 0 Å². The fourth-order valence-corrected chi connectivity index (χ4v) is 3.57. The van der Waals surface area contributed by atoms with Crippen LogP contribution in [0, 0.1) is 5.92 Å². The third-order valence-corrected chi connectivity index (χ3v) is 4.66. The third kappa shape index (κ3) is 3.91. The third-order valence-electron chi connectivity index (χ3n) is 3.14. The first-order chi connectivity index (χ1) is 9.10. The van der Waals surface area contributed by atoms with Gasteiger partial charge in [0.25, 0.3) is 0 Å². The second-order valence-electron chi connectivity index (χ2n) is 5.25. The summed E-state index contributed by atoms with van der Waals surface area (Å²) in [5, 5.41) is 5.62. The molecule has 1 heterocycles. The maximum Gasteiger partial charge on any atom is 0.0701 e. The van der Waals surface area contributed by atoms with Crippen molar-refractivity contribution in [2.45, 2.75) is 26.3 Å². The van der Waals surface area contributed by atoms with Crippen molar-refractivity contribution in [1.82, 2.24) is 5.32 Å². The van der Waals surface area contributed by atoms with Gasteiger partial charge in [0.2, 0.25) is 0 Å². The average molecular weight is 338 g/mol. The van der Waals surface area contributed by atoms with Gasteiger partial charge >= 0.3 is 0 Å². The first-order valence-corrected chi connectivity index (χ1v) is 8.27. The molecule has 0 aliphatic heterocycles. The summed E-state index contributed by atoms with van der Waals surface area (Å²) >= 11 is 5.27. The summed E-state index contributed by atoms with van der Waals surface area (Å²) < 4.78 is 1.18. The lowest BCUT2D eigenvalue weighted by Gasteiger charge is -2.17. The van der Waals surface area contributed by atoms with Crippen molar-refractivity contribution in [2.75, 3.05) is 7.05 Å². The molecule has 0 saturated carbocycles. The minimum Gasteiger partial charge on any atom is -0.309 e. The monoisotopic (exact) mass is 337 g/mol. The Morgan fingerprint density at radius 3 is 2.58 bits per heavy atom. The molecule has 1 N–H and O–H groups in total. The van der Waals surface area contributed by atoms with Crippen LogP contribution in [0.4, 0.5) is 0 Å². The summed E-state index contributed by atoms with van der Waals surface area (Å²) in [5.41, 5.74) is 4.08. The molecule has 0 bridgehead atoms. The highest BCUT2D eigenvalue weighted by Gasteiger charge is 2.14. The lowest BCUT2D eigenvalue weighted by Crippen LogP contribution is -2.17. The van der Waals surface area contributed by atoms with E-state index in [0.29, 0.717) is 5.92 Å². The Morgan fingerprint density at radius 1 is 1.21 bits per heavy atom. The molecule has 0 saturated heterocycles. The van der Waals surface area contributed by atoms with Crippen LogP contribution >= 0.6 is 27.3 Å². The van der Waals surface area contributed by atoms with Gasteiger partial charge in [-0.05, 0) is 63.5 Å². The van der Waals surface area contributed by atoms with E-state index in [1.54, 1.807) is 11.3 Å². The molecule has 102 valence electrons. The van der Waals surface area contributed by atoms with Crippen LogP contribution in [0.1, 0.15) is 36.6 Å². The molecule has 0 spiro atoms. The van der Waals surface area contributed by atoms with Crippen molar-refractivity contribution in [2.24, 2.45) is 5.92 Å². The van der Waals surface area contributed by atoms with Crippen molar-refractivity contribution in [1.29, 1.82) is 0 Å². The normalized spacial score (nSPS) is 12.9. The van der Waals surface area contributed by atoms with Gasteiger partial charge in [0.1, 0.15) is 0 Å². The summed E-state index contributed by atoms with van der Waals surface area (Å²) in [7, 11) is 2.02. The summed E-state index contributed by atoms with van der Waals surface area (Å²) in [6.07, 6.45) is 1.14. The maximum atomic E-state index is 3.54. The molecule has 1 nitrogen and oxygen atoms in total. The fourth-order valence-electron chi connectivity index (χ4n) is 2.37. The Hall–Kier alpha value is -0.640. The van der Waals surface area contributed by atoms with E-state index in [-0.39, 0.29) is 6.04 Å². The number of hydrogen-bond donors (Lipinski definition) is 1. The Kier molecular flexibility index (Phi) is 5.20. The molecule has 0 aliphatic carbocycles. The molecule has 0 amide bonds. The SMILES string of the molecule is CNC(c1cccc(CC(C)C)c1)c1csc(Br)c1. The Morgan fingerprint density at radius 2 is 2.00 bits per heavy atom. The first-order valence-electron chi connectivity index (χ1n) is 6.60. The minimum absolute atomic E-state index is 0.273. The first kappa shape index (κ1) is 14.8. The van der Waals surface area contributed by atoms with Crippen molar-refractivity contribution in [3.63, 3.8) is 0 Å². The van der Waals surface area contributed by atoms with Crippen LogP contribution in [0.5, 0.6) is 0 Å². The van der Waals surface area contributed by atoms with Crippen LogP contribution in [-0.4, -0.2) is 7.05 Å². The fraction of sp³-hybridized carbons (Fsp3) is 0.375. The van der Waals surface area contributed by atoms with Gasteiger partial charge in [0.15, 0.2) is 0 Å². The lowest BCUT2D eigenvalue weighted by molar-refractivity contribution is 0.643. The summed E-state index contributed by atoms with van der Waals surface area (Å²) in [6.45, 7) is 4.52. The van der Waals surface area contributed by atoms with E-state index in [1.165, 1.54) is 20.5 Å². The minimum atomic E-state index is 0.273. The maximum absolute atomic E-state index is 3.54. The molecule has 19 heavy (non-hydrogen) atoms. The van der Waals surface area contributed by atoms with Crippen molar-refractivity contribution >= 4 is 27.3 Å². The van der Waals surface area contributed by atoms with Gasteiger partial charge in [-0.3, -0.25) is 0 Å². The van der Waals surface area contributed by atoms with Crippen LogP contribution < -0.4 is 5.32 Å². The van der Waals surface area contributed by atoms with Gasteiger partial charge < -0.3 is 5.32 Å². The Bertz CT molecular complexity index is 533. The van der Waals surface area contributed by atoms with Gasteiger partial charge in [0.05, 0.1) is 9.83 Å². The second kappa shape index (κ2) is 6.69. The van der Waals surface area contributed by atoms with E-state index in [9.17, 15) is 0 Å². The van der Waals surface area contributed by atoms with Crippen molar-refractivity contribution in [3.05, 3.63) is 56.2 Å². The van der Waals surface area contributed by atoms with Crippen LogP contribution in [0.25, 0.3) is 0 Å². The highest BCUT2D eigenvalue weighted by atomic mass is 79.9. The zero-order chi connectivity index (χ0) is 13.8. The van der Waals surface area contributed by atoms with Crippen molar-refractivity contribution in [3.8, 4) is 0 Å². The second-order valence-corrected chi connectivity index (χ2v) is 7.54. The van der Waals surface area contributed by atoms with Crippen LogP contribution in [0.15, 0.2) is 39.5 Å². The van der Waals surface area contributed by atoms with E-state index in [0.717, 1.165) is 6.42 Å². The largest absolute Gasteiger partial charge is 0.309 e. The van der Waals surface area contributed by atoms with Gasteiger partial charge in [-0.15, -0.1) is 11.3 Å². The van der Waals surface area contributed by atoms with Gasteiger partial charge in [-0.25, -0.2) is 0 Å². The van der Waals surface area contributed by atoms with E-state index >= 15 is 0 Å². The number of hydrogen-bond acceptors (Lipinski definition) is 2. The molecule has 1 unspecified atom stereocenters. The molecule has 1 atom stereocenters. The Labute approximate surface area is 128 Å². The van der Waals surface area contributed by atoms with Crippen LogP contribution in [0.3, 0.4) is 0 Å². The predicted molar refractivity (Wildman–Crippen MR) is 87.9 cm³/mol. The highest BCUT2D eigenvalue weighted by Crippen LogP contribution is 2.29. The number of rotatable bonds is 5. The van der Waals surface area contributed by atoms with E-state index in [1.807, 2.05) is 7.05 Å². The van der Waals surface area contributed by atoms with Gasteiger partial charge in [-0.2, -0.15) is 0 Å². The van der Waals surface area contributed by atoms with E-state index in [2.05, 4.69) is 70.8 Å². The molecular formula is C16H20BrNS. The molecule has 2 rings (SSSR count). The van der Waals surface area contributed by atoms with Gasteiger partial charge in [0, 0.05) is 0 Å². The highest BCUT2D eigenvalue weighted by molar-refractivity contribution is 9.11. The quantitative estimate of drug-likeness (QED) is 0.807. The number of nitrogens with one attached hydrogen (secondary N) is 1. The van der Waals surface area contributed by atoms with E-state index in [4.69, 9.17) is 0 Å². The predicted octanol–water partition coefficient (Wildman–Crippen LogP) is 5.02. The Balaban J connectivity index is 2.28. The standard InChI is InChI=1S/C16H20BrNS/c1-11(2)7-12-5-4-6-13(8-12)16(18-3)14-9-15(17)19-10-14/h4-6,8-11,16,18H,7H2,1-3H3. The zero-order valence-corrected chi connectivity index (χ0v) is 14.0. The number of thiophene rings is 1. The summed E-state index contributed by atoms with van der Waals surface area (Å²) in [6, 6.07) is 11.4. The number of halogens is 1. The molecule has 2 aromatic rings. The molecule has 0 radical (unpaired) electrons. The molecule has 0 fully saturated rings. The average Bonchev–Trinajstić information content (AvgIpc) is 2.76. The summed E-state index contributed by atoms with van der Waals surface area (Å²) in [4.78, 5) is 0.